The van der Waals surface area contributed by atoms with Gasteiger partial charge in [-0.25, -0.2) is 13.4 Å². The molecule has 0 bridgehead atoms. The normalized spacial score (nSPS) is 21.7. The van der Waals surface area contributed by atoms with Crippen LogP contribution in [0.25, 0.3) is 0 Å². The number of aromatic nitrogens is 2. The first kappa shape index (κ1) is 17.2. The van der Waals surface area contributed by atoms with E-state index in [1.165, 1.54) is 0 Å². The minimum absolute atomic E-state index is 0.0218. The lowest BCUT2D eigenvalue weighted by molar-refractivity contribution is 0.365. The van der Waals surface area contributed by atoms with Gasteiger partial charge in [0.1, 0.15) is 0 Å². The second-order valence-corrected chi connectivity index (χ2v) is 8.71. The Hall–Kier alpha value is -1.66. The van der Waals surface area contributed by atoms with Crippen LogP contribution in [0.2, 0.25) is 0 Å². The lowest BCUT2D eigenvalue weighted by atomic mass is 9.95. The molecule has 1 aromatic heterocycles. The van der Waals surface area contributed by atoms with Gasteiger partial charge < -0.3 is 9.88 Å². The number of rotatable bonds is 6. The molecular formula is C18H25N3O2S. The fraction of sp³-hybridized carbons (Fsp3) is 0.500. The molecule has 0 radical (unpaired) electrons. The SMILES string of the molecule is Cc1ccc(S(=O)(=O)[C@@H]2CCCC[C@H]2NCCn2ccnc2)cc1. The minimum atomic E-state index is -3.29. The fourth-order valence-corrected chi connectivity index (χ4v) is 5.41. The molecule has 0 unspecified atom stereocenters. The average molecular weight is 347 g/mol. The van der Waals surface area contributed by atoms with E-state index in [-0.39, 0.29) is 11.3 Å². The molecule has 0 spiro atoms. The van der Waals surface area contributed by atoms with Crippen molar-refractivity contribution in [1.29, 1.82) is 0 Å². The van der Waals surface area contributed by atoms with Crippen molar-refractivity contribution in [3.63, 3.8) is 0 Å². The lowest BCUT2D eigenvalue weighted by Crippen LogP contribution is -2.47. The molecule has 0 amide bonds. The Labute approximate surface area is 144 Å². The predicted octanol–water partition coefficient (Wildman–Crippen LogP) is 2.57. The molecule has 1 saturated carbocycles. The summed E-state index contributed by atoms with van der Waals surface area (Å²) in [5.74, 6) is 0. The second-order valence-electron chi connectivity index (χ2n) is 6.54. The van der Waals surface area contributed by atoms with Crippen LogP contribution in [0.1, 0.15) is 31.2 Å². The summed E-state index contributed by atoms with van der Waals surface area (Å²) in [6.45, 7) is 3.52. The molecule has 1 fully saturated rings. The van der Waals surface area contributed by atoms with Gasteiger partial charge in [-0.05, 0) is 31.9 Å². The summed E-state index contributed by atoms with van der Waals surface area (Å²) in [7, 11) is -3.29. The third kappa shape index (κ3) is 3.87. The molecule has 5 nitrogen and oxygen atoms in total. The molecule has 1 aliphatic carbocycles. The Morgan fingerprint density at radius 1 is 1.21 bits per heavy atom. The van der Waals surface area contributed by atoms with Gasteiger partial charge in [-0.15, -0.1) is 0 Å². The maximum Gasteiger partial charge on any atom is 0.182 e. The summed E-state index contributed by atoms with van der Waals surface area (Å²) in [5, 5.41) is 3.13. The highest BCUT2D eigenvalue weighted by atomic mass is 32.2. The van der Waals surface area contributed by atoms with Crippen molar-refractivity contribution in [3.8, 4) is 0 Å². The summed E-state index contributed by atoms with van der Waals surface area (Å²) < 4.78 is 28.1. The van der Waals surface area contributed by atoms with E-state index in [0.717, 1.165) is 44.3 Å². The Morgan fingerprint density at radius 3 is 2.67 bits per heavy atom. The molecule has 130 valence electrons. The molecule has 3 rings (SSSR count). The van der Waals surface area contributed by atoms with Crippen LogP contribution in [-0.4, -0.2) is 35.8 Å². The van der Waals surface area contributed by atoms with Crippen LogP contribution in [0.5, 0.6) is 0 Å². The van der Waals surface area contributed by atoms with Gasteiger partial charge in [-0.2, -0.15) is 0 Å². The van der Waals surface area contributed by atoms with Gasteiger partial charge in [0, 0.05) is 31.5 Å². The predicted molar refractivity (Wildman–Crippen MR) is 94.6 cm³/mol. The van der Waals surface area contributed by atoms with Crippen molar-refractivity contribution in [2.24, 2.45) is 0 Å². The number of nitrogens with zero attached hydrogens (tertiary/aromatic N) is 2. The van der Waals surface area contributed by atoms with Crippen LogP contribution < -0.4 is 5.32 Å². The van der Waals surface area contributed by atoms with E-state index in [1.54, 1.807) is 24.7 Å². The number of hydrogen-bond donors (Lipinski definition) is 1. The van der Waals surface area contributed by atoms with Crippen LogP contribution in [0.3, 0.4) is 0 Å². The van der Waals surface area contributed by atoms with Gasteiger partial charge >= 0.3 is 0 Å². The van der Waals surface area contributed by atoms with Crippen LogP contribution >= 0.6 is 0 Å². The maximum atomic E-state index is 13.0. The highest BCUT2D eigenvalue weighted by Gasteiger charge is 2.36. The van der Waals surface area contributed by atoms with Crippen LogP contribution in [-0.2, 0) is 16.4 Å². The van der Waals surface area contributed by atoms with Crippen molar-refractivity contribution in [3.05, 3.63) is 48.5 Å². The van der Waals surface area contributed by atoms with Gasteiger partial charge in [-0.1, -0.05) is 30.5 Å². The van der Waals surface area contributed by atoms with Crippen LogP contribution in [0.15, 0.2) is 47.9 Å². The zero-order valence-corrected chi connectivity index (χ0v) is 14.9. The van der Waals surface area contributed by atoms with Gasteiger partial charge in [0.05, 0.1) is 16.5 Å². The molecule has 1 aromatic carbocycles. The number of sulfone groups is 1. The summed E-state index contributed by atoms with van der Waals surface area (Å²) >= 11 is 0. The number of benzene rings is 1. The van der Waals surface area contributed by atoms with E-state index in [4.69, 9.17) is 0 Å². The minimum Gasteiger partial charge on any atom is -0.336 e. The van der Waals surface area contributed by atoms with Crippen molar-refractivity contribution >= 4 is 9.84 Å². The van der Waals surface area contributed by atoms with Crippen LogP contribution in [0, 0.1) is 6.92 Å². The van der Waals surface area contributed by atoms with E-state index in [1.807, 2.05) is 29.8 Å². The van der Waals surface area contributed by atoms with Gasteiger partial charge in [0.2, 0.25) is 0 Å². The standard InChI is InChI=1S/C18H25N3O2S/c1-15-6-8-16(9-7-15)24(22,23)18-5-3-2-4-17(18)20-11-13-21-12-10-19-14-21/h6-10,12,14,17-18,20H,2-5,11,13H2,1H3/t17-,18-/m1/s1. The Kier molecular flexibility index (Phi) is 5.36. The van der Waals surface area contributed by atoms with E-state index < -0.39 is 9.84 Å². The van der Waals surface area contributed by atoms with Crippen molar-refractivity contribution in [2.45, 2.75) is 55.3 Å². The van der Waals surface area contributed by atoms with Crippen LogP contribution in [0.4, 0.5) is 0 Å². The maximum absolute atomic E-state index is 13.0. The van der Waals surface area contributed by atoms with Gasteiger partial charge in [0.15, 0.2) is 9.84 Å². The molecule has 6 heteroatoms. The number of hydrogen-bond acceptors (Lipinski definition) is 4. The van der Waals surface area contributed by atoms with Gasteiger partial charge in [-0.3, -0.25) is 0 Å². The zero-order valence-electron chi connectivity index (χ0n) is 14.1. The molecule has 1 N–H and O–H groups in total. The monoisotopic (exact) mass is 347 g/mol. The summed E-state index contributed by atoms with van der Waals surface area (Å²) in [6.07, 6.45) is 9.17. The largest absolute Gasteiger partial charge is 0.336 e. The average Bonchev–Trinajstić information content (AvgIpc) is 3.09. The van der Waals surface area contributed by atoms with Gasteiger partial charge in [0.25, 0.3) is 0 Å². The first-order chi connectivity index (χ1) is 11.6. The summed E-state index contributed by atoms with van der Waals surface area (Å²) in [5.41, 5.74) is 1.08. The third-order valence-electron chi connectivity index (χ3n) is 4.79. The summed E-state index contributed by atoms with van der Waals surface area (Å²) in [6, 6.07) is 7.24. The van der Waals surface area contributed by atoms with E-state index in [0.29, 0.717) is 4.90 Å². The Balaban J connectivity index is 1.70. The van der Waals surface area contributed by atoms with Crippen molar-refractivity contribution < 1.29 is 8.42 Å². The second kappa shape index (κ2) is 7.49. The molecule has 0 saturated heterocycles. The third-order valence-corrected chi connectivity index (χ3v) is 7.08. The molecular weight excluding hydrogens is 322 g/mol. The molecule has 24 heavy (non-hydrogen) atoms. The molecule has 0 aliphatic heterocycles. The molecule has 2 atom stereocenters. The number of aryl methyl sites for hydroxylation is 1. The summed E-state index contributed by atoms with van der Waals surface area (Å²) in [4.78, 5) is 4.47. The number of nitrogens with one attached hydrogen (secondary N) is 1. The fourth-order valence-electron chi connectivity index (χ4n) is 3.40. The highest BCUT2D eigenvalue weighted by Crippen LogP contribution is 2.29. The lowest BCUT2D eigenvalue weighted by Gasteiger charge is -2.32. The molecule has 1 heterocycles. The van der Waals surface area contributed by atoms with Crippen molar-refractivity contribution in [2.75, 3.05) is 6.54 Å². The van der Waals surface area contributed by atoms with Crippen molar-refractivity contribution in [1.82, 2.24) is 14.9 Å². The Bertz CT molecular complexity index is 739. The van der Waals surface area contributed by atoms with E-state index >= 15 is 0 Å². The first-order valence-corrected chi connectivity index (χ1v) is 10.1. The quantitative estimate of drug-likeness (QED) is 0.872. The molecule has 2 aromatic rings. The smallest absolute Gasteiger partial charge is 0.182 e. The Morgan fingerprint density at radius 2 is 1.96 bits per heavy atom. The highest BCUT2D eigenvalue weighted by molar-refractivity contribution is 7.92. The molecule has 1 aliphatic rings. The van der Waals surface area contributed by atoms with E-state index in [9.17, 15) is 8.42 Å². The zero-order chi connectivity index (χ0) is 17.0. The van der Waals surface area contributed by atoms with E-state index in [2.05, 4.69) is 10.3 Å². The number of imidazole rings is 1. The first-order valence-electron chi connectivity index (χ1n) is 8.57. The topological polar surface area (TPSA) is 64.0 Å².